The number of aromatic amines is 1. The van der Waals surface area contributed by atoms with E-state index in [-0.39, 0.29) is 5.91 Å². The van der Waals surface area contributed by atoms with Gasteiger partial charge in [-0.15, -0.1) is 0 Å². The predicted octanol–water partition coefficient (Wildman–Crippen LogP) is 2.74. The Morgan fingerprint density at radius 2 is 2.11 bits per heavy atom. The van der Waals surface area contributed by atoms with Crippen molar-refractivity contribution < 1.29 is 4.79 Å². The van der Waals surface area contributed by atoms with Crippen LogP contribution in [0.5, 0.6) is 0 Å². The number of nitrogens with one attached hydrogen (secondary N) is 2. The molecule has 0 saturated carbocycles. The van der Waals surface area contributed by atoms with Crippen molar-refractivity contribution in [3.8, 4) is 0 Å². The first kappa shape index (κ1) is 12.8. The van der Waals surface area contributed by atoms with Gasteiger partial charge in [0.25, 0.3) is 5.91 Å². The fourth-order valence-corrected chi connectivity index (χ4v) is 1.92. The van der Waals surface area contributed by atoms with Crippen molar-refractivity contribution in [1.29, 1.82) is 0 Å². The van der Waals surface area contributed by atoms with Crippen LogP contribution >= 0.6 is 15.9 Å². The van der Waals surface area contributed by atoms with Crippen LogP contribution in [0.1, 0.15) is 27.3 Å². The van der Waals surface area contributed by atoms with Crippen molar-refractivity contribution in [3.63, 3.8) is 0 Å². The van der Waals surface area contributed by atoms with Gasteiger partial charge in [0, 0.05) is 5.69 Å². The normalized spacial score (nSPS) is 10.4. The highest BCUT2D eigenvalue weighted by atomic mass is 79.9. The largest absolute Gasteiger partial charge is 0.320 e. The van der Waals surface area contributed by atoms with Crippen LogP contribution in [0.15, 0.2) is 16.9 Å². The van der Waals surface area contributed by atoms with Crippen LogP contribution in [-0.4, -0.2) is 21.1 Å². The molecule has 0 aromatic carbocycles. The maximum atomic E-state index is 12.1. The average molecular weight is 309 g/mol. The number of aryl methyl sites for hydroxylation is 3. The zero-order valence-electron chi connectivity index (χ0n) is 10.3. The second kappa shape index (κ2) is 4.89. The molecule has 1 amide bonds. The smallest absolute Gasteiger partial charge is 0.259 e. The van der Waals surface area contributed by atoms with Crippen LogP contribution in [0.4, 0.5) is 5.69 Å². The third-order valence-electron chi connectivity index (χ3n) is 2.63. The van der Waals surface area contributed by atoms with Gasteiger partial charge in [0.15, 0.2) is 0 Å². The van der Waals surface area contributed by atoms with E-state index in [0.29, 0.717) is 16.9 Å². The highest BCUT2D eigenvalue weighted by Gasteiger charge is 2.15. The lowest BCUT2D eigenvalue weighted by atomic mass is 10.2. The van der Waals surface area contributed by atoms with Crippen LogP contribution in [0.3, 0.4) is 0 Å². The molecular weight excluding hydrogens is 296 g/mol. The van der Waals surface area contributed by atoms with E-state index in [1.807, 2.05) is 19.9 Å². The van der Waals surface area contributed by atoms with Gasteiger partial charge in [0.1, 0.15) is 4.60 Å². The van der Waals surface area contributed by atoms with E-state index in [1.54, 1.807) is 13.1 Å². The number of nitrogens with zero attached hydrogens (tertiary/aromatic N) is 2. The fraction of sp³-hybridized carbons (Fsp3) is 0.250. The molecule has 0 aliphatic heterocycles. The molecule has 0 fully saturated rings. The summed E-state index contributed by atoms with van der Waals surface area (Å²) >= 11 is 3.32. The SMILES string of the molecule is Cc1cc(NC(=O)c2c(C)n[nH]c2C)cnc1Br. The molecule has 6 heteroatoms. The quantitative estimate of drug-likeness (QED) is 0.838. The molecule has 2 N–H and O–H groups in total. The van der Waals surface area contributed by atoms with E-state index in [4.69, 9.17) is 0 Å². The summed E-state index contributed by atoms with van der Waals surface area (Å²) in [7, 11) is 0. The lowest BCUT2D eigenvalue weighted by Crippen LogP contribution is -2.14. The molecule has 0 saturated heterocycles. The lowest BCUT2D eigenvalue weighted by Gasteiger charge is -2.06. The molecule has 0 bridgehead atoms. The summed E-state index contributed by atoms with van der Waals surface area (Å²) in [6.45, 7) is 5.53. The third kappa shape index (κ3) is 2.43. The van der Waals surface area contributed by atoms with Gasteiger partial charge in [0.05, 0.1) is 23.1 Å². The van der Waals surface area contributed by atoms with Gasteiger partial charge in [-0.3, -0.25) is 9.89 Å². The Balaban J connectivity index is 2.24. The lowest BCUT2D eigenvalue weighted by molar-refractivity contribution is 0.102. The summed E-state index contributed by atoms with van der Waals surface area (Å²) in [5.74, 6) is -0.178. The van der Waals surface area contributed by atoms with Gasteiger partial charge < -0.3 is 5.32 Å². The number of hydrogen-bond donors (Lipinski definition) is 2. The van der Waals surface area contributed by atoms with Gasteiger partial charge in [-0.25, -0.2) is 4.98 Å². The summed E-state index contributed by atoms with van der Waals surface area (Å²) in [5.41, 5.74) is 3.66. The molecule has 5 nitrogen and oxygen atoms in total. The van der Waals surface area contributed by atoms with Crippen molar-refractivity contribution in [2.45, 2.75) is 20.8 Å². The van der Waals surface area contributed by atoms with Crippen molar-refractivity contribution in [2.24, 2.45) is 0 Å². The van der Waals surface area contributed by atoms with E-state index in [0.717, 1.165) is 15.9 Å². The molecule has 0 aliphatic carbocycles. The summed E-state index contributed by atoms with van der Waals surface area (Å²) < 4.78 is 0.774. The summed E-state index contributed by atoms with van der Waals surface area (Å²) in [5, 5.41) is 9.60. The highest BCUT2D eigenvalue weighted by Crippen LogP contribution is 2.18. The number of H-pyrrole nitrogens is 1. The van der Waals surface area contributed by atoms with Gasteiger partial charge in [-0.1, -0.05) is 0 Å². The minimum Gasteiger partial charge on any atom is -0.320 e. The van der Waals surface area contributed by atoms with Gasteiger partial charge in [0.2, 0.25) is 0 Å². The molecule has 0 spiro atoms. The molecule has 0 radical (unpaired) electrons. The van der Waals surface area contributed by atoms with E-state index < -0.39 is 0 Å². The number of amides is 1. The number of anilines is 1. The molecule has 0 aliphatic rings. The first-order chi connectivity index (χ1) is 8.49. The van der Waals surface area contributed by atoms with Crippen LogP contribution in [0.25, 0.3) is 0 Å². The molecule has 18 heavy (non-hydrogen) atoms. The first-order valence-corrected chi connectivity index (χ1v) is 6.23. The number of pyridine rings is 1. The van der Waals surface area contributed by atoms with Crippen molar-refractivity contribution >= 4 is 27.5 Å². The van der Waals surface area contributed by atoms with Crippen LogP contribution in [-0.2, 0) is 0 Å². The second-order valence-corrected chi connectivity index (χ2v) is 4.85. The zero-order valence-corrected chi connectivity index (χ0v) is 11.9. The van der Waals surface area contributed by atoms with Gasteiger partial charge in [-0.2, -0.15) is 5.10 Å². The second-order valence-electron chi connectivity index (χ2n) is 4.09. The Morgan fingerprint density at radius 3 is 2.67 bits per heavy atom. The molecule has 94 valence electrons. The predicted molar refractivity (Wildman–Crippen MR) is 72.7 cm³/mol. The molecule has 2 aromatic heterocycles. The van der Waals surface area contributed by atoms with Crippen LogP contribution in [0.2, 0.25) is 0 Å². The van der Waals surface area contributed by atoms with Crippen LogP contribution in [0, 0.1) is 20.8 Å². The molecular formula is C12H13BrN4O. The summed E-state index contributed by atoms with van der Waals surface area (Å²) in [6.07, 6.45) is 1.61. The molecule has 2 rings (SSSR count). The first-order valence-electron chi connectivity index (χ1n) is 5.44. The van der Waals surface area contributed by atoms with E-state index in [1.165, 1.54) is 0 Å². The highest BCUT2D eigenvalue weighted by molar-refractivity contribution is 9.10. The average Bonchev–Trinajstić information content (AvgIpc) is 2.64. The molecule has 0 atom stereocenters. The Labute approximate surface area is 113 Å². The Morgan fingerprint density at radius 1 is 1.39 bits per heavy atom. The van der Waals surface area contributed by atoms with Gasteiger partial charge >= 0.3 is 0 Å². The number of rotatable bonds is 2. The van der Waals surface area contributed by atoms with E-state index in [9.17, 15) is 4.79 Å². The summed E-state index contributed by atoms with van der Waals surface area (Å²) in [6, 6.07) is 1.86. The Hall–Kier alpha value is -1.69. The maximum absolute atomic E-state index is 12.1. The standard InChI is InChI=1S/C12H13BrN4O/c1-6-4-9(5-14-11(6)13)15-12(18)10-7(2)16-17-8(10)3/h4-5H,1-3H3,(H,15,18)(H,16,17). The monoisotopic (exact) mass is 308 g/mol. The van der Waals surface area contributed by atoms with E-state index >= 15 is 0 Å². The van der Waals surface area contributed by atoms with Gasteiger partial charge in [-0.05, 0) is 48.3 Å². The minimum absolute atomic E-state index is 0.178. The maximum Gasteiger partial charge on any atom is 0.259 e. The fourth-order valence-electron chi connectivity index (χ4n) is 1.71. The van der Waals surface area contributed by atoms with E-state index in [2.05, 4.69) is 36.4 Å². The topological polar surface area (TPSA) is 70.7 Å². The molecule has 2 aromatic rings. The molecule has 0 unspecified atom stereocenters. The van der Waals surface area contributed by atoms with Crippen molar-refractivity contribution in [1.82, 2.24) is 15.2 Å². The number of hydrogen-bond acceptors (Lipinski definition) is 3. The van der Waals surface area contributed by atoms with Crippen molar-refractivity contribution in [3.05, 3.63) is 39.4 Å². The Bertz CT molecular complexity index is 587. The number of halogens is 1. The number of carbonyl (C=O) groups excluding carboxylic acids is 1. The minimum atomic E-state index is -0.178. The summed E-state index contributed by atoms with van der Waals surface area (Å²) in [4.78, 5) is 16.2. The van der Waals surface area contributed by atoms with Crippen LogP contribution < -0.4 is 5.32 Å². The number of aromatic nitrogens is 3. The van der Waals surface area contributed by atoms with Crippen molar-refractivity contribution in [2.75, 3.05) is 5.32 Å². The Kier molecular flexibility index (Phi) is 3.47. The zero-order chi connectivity index (χ0) is 13.3. The number of carbonyl (C=O) groups is 1. The third-order valence-corrected chi connectivity index (χ3v) is 3.46. The molecule has 2 heterocycles.